The Bertz CT molecular complexity index is 1140. The van der Waals surface area contributed by atoms with E-state index in [1.807, 2.05) is 26.0 Å². The SMILES string of the molecule is CCCCc1ccc(-n2c(C)cc(/C=C3/NC(=O)N(c4ccccc4)C3=O)c2C)cc1. The standard InChI is InChI=1S/C26H27N3O2/c1-4-5-9-20-12-14-23(15-13-20)28-18(2)16-21(19(28)3)17-24-25(30)29(26(31)27-24)22-10-7-6-8-11-22/h6-8,10-17H,4-5,9H2,1-3H3,(H,27,31)/b24-17+. The van der Waals surface area contributed by atoms with E-state index in [2.05, 4.69) is 41.1 Å². The molecule has 3 aromatic rings. The molecular weight excluding hydrogens is 386 g/mol. The normalized spacial score (nSPS) is 15.1. The number of aromatic nitrogens is 1. The Labute approximate surface area is 183 Å². The molecule has 1 N–H and O–H groups in total. The summed E-state index contributed by atoms with van der Waals surface area (Å²) in [6, 6.07) is 19.2. The Morgan fingerprint density at radius 2 is 1.65 bits per heavy atom. The van der Waals surface area contributed by atoms with Crippen LogP contribution in [0.25, 0.3) is 11.8 Å². The van der Waals surface area contributed by atoms with E-state index in [-0.39, 0.29) is 11.6 Å². The van der Waals surface area contributed by atoms with Gasteiger partial charge in [0.25, 0.3) is 5.91 Å². The lowest BCUT2D eigenvalue weighted by Gasteiger charge is -2.11. The van der Waals surface area contributed by atoms with Gasteiger partial charge in [-0.2, -0.15) is 0 Å². The molecular formula is C26H27N3O2. The van der Waals surface area contributed by atoms with Crippen LogP contribution in [0.2, 0.25) is 0 Å². The Morgan fingerprint density at radius 1 is 0.935 bits per heavy atom. The molecule has 3 amide bonds. The largest absolute Gasteiger partial charge is 0.333 e. The van der Waals surface area contributed by atoms with E-state index in [4.69, 9.17) is 0 Å². The van der Waals surface area contributed by atoms with E-state index in [0.29, 0.717) is 5.69 Å². The molecule has 0 radical (unpaired) electrons. The summed E-state index contributed by atoms with van der Waals surface area (Å²) in [6.07, 6.45) is 5.24. The van der Waals surface area contributed by atoms with E-state index in [1.54, 1.807) is 30.3 Å². The molecule has 1 aliphatic heterocycles. The number of unbranched alkanes of at least 4 members (excludes halogenated alkanes) is 1. The fourth-order valence-electron chi connectivity index (χ4n) is 4.03. The summed E-state index contributed by atoms with van der Waals surface area (Å²) < 4.78 is 2.17. The molecule has 2 heterocycles. The van der Waals surface area contributed by atoms with Crippen molar-refractivity contribution in [3.8, 4) is 5.69 Å². The number of nitrogens with zero attached hydrogens (tertiary/aromatic N) is 2. The molecule has 31 heavy (non-hydrogen) atoms. The maximum atomic E-state index is 12.9. The van der Waals surface area contributed by atoms with Gasteiger partial charge in [-0.3, -0.25) is 4.79 Å². The van der Waals surface area contributed by atoms with Gasteiger partial charge in [0.15, 0.2) is 0 Å². The Balaban J connectivity index is 1.62. The van der Waals surface area contributed by atoms with E-state index in [9.17, 15) is 9.59 Å². The van der Waals surface area contributed by atoms with Crippen molar-refractivity contribution in [2.75, 3.05) is 4.90 Å². The van der Waals surface area contributed by atoms with Crippen LogP contribution in [-0.4, -0.2) is 16.5 Å². The summed E-state index contributed by atoms with van der Waals surface area (Å²) >= 11 is 0. The smallest absolute Gasteiger partial charge is 0.318 e. The second-order valence-corrected chi connectivity index (χ2v) is 7.90. The number of anilines is 1. The molecule has 5 heteroatoms. The summed E-state index contributed by atoms with van der Waals surface area (Å²) in [7, 11) is 0. The van der Waals surface area contributed by atoms with Crippen LogP contribution in [0.4, 0.5) is 10.5 Å². The number of hydrogen-bond acceptors (Lipinski definition) is 2. The zero-order valence-electron chi connectivity index (χ0n) is 18.2. The van der Waals surface area contributed by atoms with Crippen molar-refractivity contribution in [2.24, 2.45) is 0 Å². The quantitative estimate of drug-likeness (QED) is 0.426. The van der Waals surface area contributed by atoms with Gasteiger partial charge < -0.3 is 9.88 Å². The average molecular weight is 414 g/mol. The molecule has 0 atom stereocenters. The van der Waals surface area contributed by atoms with Crippen molar-refractivity contribution in [1.82, 2.24) is 9.88 Å². The molecule has 1 aromatic heterocycles. The van der Waals surface area contributed by atoms with Crippen LogP contribution in [0, 0.1) is 13.8 Å². The van der Waals surface area contributed by atoms with Gasteiger partial charge in [0.2, 0.25) is 0 Å². The highest BCUT2D eigenvalue weighted by Gasteiger charge is 2.34. The third-order valence-corrected chi connectivity index (χ3v) is 5.68. The minimum absolute atomic E-state index is 0.281. The van der Waals surface area contributed by atoms with Crippen LogP contribution in [0.1, 0.15) is 42.3 Å². The topological polar surface area (TPSA) is 54.3 Å². The zero-order chi connectivity index (χ0) is 22.0. The first-order valence-corrected chi connectivity index (χ1v) is 10.7. The van der Waals surface area contributed by atoms with Crippen LogP contribution in [0.3, 0.4) is 0 Å². The van der Waals surface area contributed by atoms with Gasteiger partial charge >= 0.3 is 6.03 Å². The van der Waals surface area contributed by atoms with Crippen LogP contribution in [-0.2, 0) is 11.2 Å². The first kappa shape index (κ1) is 20.7. The number of nitrogens with one attached hydrogen (secondary N) is 1. The molecule has 0 spiro atoms. The number of hydrogen-bond donors (Lipinski definition) is 1. The predicted molar refractivity (Wildman–Crippen MR) is 124 cm³/mol. The summed E-state index contributed by atoms with van der Waals surface area (Å²) in [4.78, 5) is 26.5. The molecule has 2 aromatic carbocycles. The summed E-state index contributed by atoms with van der Waals surface area (Å²) in [5, 5.41) is 2.71. The van der Waals surface area contributed by atoms with E-state index >= 15 is 0 Å². The lowest BCUT2D eigenvalue weighted by atomic mass is 10.1. The molecule has 0 saturated carbocycles. The molecule has 0 aliphatic carbocycles. The van der Waals surface area contributed by atoms with Gasteiger partial charge in [0, 0.05) is 17.1 Å². The first-order chi connectivity index (χ1) is 15.0. The number of carbonyl (C=O) groups is 2. The summed E-state index contributed by atoms with van der Waals surface area (Å²) in [5.41, 5.74) is 6.27. The predicted octanol–water partition coefficient (Wildman–Crippen LogP) is 5.53. The lowest BCUT2D eigenvalue weighted by Crippen LogP contribution is -2.30. The minimum atomic E-state index is -0.432. The highest BCUT2D eigenvalue weighted by atomic mass is 16.2. The van der Waals surface area contributed by atoms with Gasteiger partial charge in [0.05, 0.1) is 5.69 Å². The Kier molecular flexibility index (Phi) is 5.76. The van der Waals surface area contributed by atoms with Gasteiger partial charge in [-0.25, -0.2) is 9.69 Å². The number of amides is 3. The van der Waals surface area contributed by atoms with Crippen molar-refractivity contribution < 1.29 is 9.59 Å². The number of carbonyl (C=O) groups excluding carboxylic acids is 2. The first-order valence-electron chi connectivity index (χ1n) is 10.7. The zero-order valence-corrected chi connectivity index (χ0v) is 18.2. The highest BCUT2D eigenvalue weighted by Crippen LogP contribution is 2.26. The van der Waals surface area contributed by atoms with Crippen LogP contribution < -0.4 is 10.2 Å². The number of rotatable bonds is 6. The van der Waals surface area contributed by atoms with Crippen molar-refractivity contribution >= 4 is 23.7 Å². The van der Waals surface area contributed by atoms with Crippen LogP contribution in [0.15, 0.2) is 66.4 Å². The van der Waals surface area contributed by atoms with E-state index in [1.165, 1.54) is 23.3 Å². The minimum Gasteiger partial charge on any atom is -0.318 e. The number of benzene rings is 2. The summed E-state index contributed by atoms with van der Waals surface area (Å²) in [5.74, 6) is -0.346. The van der Waals surface area contributed by atoms with Crippen LogP contribution >= 0.6 is 0 Å². The molecule has 158 valence electrons. The van der Waals surface area contributed by atoms with E-state index in [0.717, 1.165) is 29.1 Å². The number of urea groups is 1. The van der Waals surface area contributed by atoms with Gasteiger partial charge in [-0.1, -0.05) is 43.7 Å². The number of imide groups is 1. The Morgan fingerprint density at radius 3 is 2.32 bits per heavy atom. The number of para-hydroxylation sites is 1. The average Bonchev–Trinajstić information content (AvgIpc) is 3.21. The van der Waals surface area contributed by atoms with Gasteiger partial charge in [-0.05, 0) is 74.2 Å². The van der Waals surface area contributed by atoms with Crippen molar-refractivity contribution in [3.05, 3.63) is 88.9 Å². The molecule has 0 unspecified atom stereocenters. The number of aryl methyl sites for hydroxylation is 2. The second kappa shape index (κ2) is 8.64. The van der Waals surface area contributed by atoms with E-state index < -0.39 is 6.03 Å². The maximum Gasteiger partial charge on any atom is 0.333 e. The third-order valence-electron chi connectivity index (χ3n) is 5.68. The van der Waals surface area contributed by atoms with Crippen molar-refractivity contribution in [1.29, 1.82) is 0 Å². The molecule has 1 saturated heterocycles. The Hall–Kier alpha value is -3.60. The van der Waals surface area contributed by atoms with Crippen molar-refractivity contribution in [2.45, 2.75) is 40.0 Å². The second-order valence-electron chi connectivity index (χ2n) is 7.90. The van der Waals surface area contributed by atoms with Gasteiger partial charge in [0.1, 0.15) is 5.70 Å². The molecule has 1 fully saturated rings. The fraction of sp³-hybridized carbons (Fsp3) is 0.231. The monoisotopic (exact) mass is 413 g/mol. The highest BCUT2D eigenvalue weighted by molar-refractivity contribution is 6.28. The van der Waals surface area contributed by atoms with Crippen LogP contribution in [0.5, 0.6) is 0 Å². The van der Waals surface area contributed by atoms with Crippen molar-refractivity contribution in [3.63, 3.8) is 0 Å². The molecule has 5 nitrogen and oxygen atoms in total. The fourth-order valence-corrected chi connectivity index (χ4v) is 4.03. The van der Waals surface area contributed by atoms with Gasteiger partial charge in [-0.15, -0.1) is 0 Å². The molecule has 1 aliphatic rings. The lowest BCUT2D eigenvalue weighted by molar-refractivity contribution is -0.113. The third kappa shape index (κ3) is 4.04. The maximum absolute atomic E-state index is 12.9. The molecule has 0 bridgehead atoms. The summed E-state index contributed by atoms with van der Waals surface area (Å²) in [6.45, 7) is 6.28. The molecule has 4 rings (SSSR count).